The predicted molar refractivity (Wildman–Crippen MR) is 138 cm³/mol. The van der Waals surface area contributed by atoms with Gasteiger partial charge in [-0.2, -0.15) is 10.2 Å². The van der Waals surface area contributed by atoms with Gasteiger partial charge >= 0.3 is 0 Å². The molecule has 0 saturated carbocycles. The number of nitriles is 1. The van der Waals surface area contributed by atoms with Crippen molar-refractivity contribution in [2.45, 2.75) is 26.3 Å². The molecule has 8 heteroatoms. The van der Waals surface area contributed by atoms with Gasteiger partial charge in [-0.15, -0.1) is 0 Å². The van der Waals surface area contributed by atoms with E-state index < -0.39 is 0 Å². The maximum atomic E-state index is 9.52. The molecule has 1 atom stereocenters. The summed E-state index contributed by atoms with van der Waals surface area (Å²) in [6, 6.07) is 16.8. The Bertz CT molecular complexity index is 1220. The lowest BCUT2D eigenvalue weighted by Crippen LogP contribution is -2.53. The van der Waals surface area contributed by atoms with Gasteiger partial charge in [-0.1, -0.05) is 25.1 Å². The molecular weight excluding hydrogens is 438 g/mol. The lowest BCUT2D eigenvalue weighted by atomic mass is 10.1. The van der Waals surface area contributed by atoms with Crippen LogP contribution in [0.1, 0.15) is 25.0 Å². The van der Waals surface area contributed by atoms with Gasteiger partial charge in [-0.25, -0.2) is 9.97 Å². The third-order valence-electron chi connectivity index (χ3n) is 6.75. The molecule has 2 aromatic heterocycles. The van der Waals surface area contributed by atoms with E-state index in [9.17, 15) is 5.26 Å². The van der Waals surface area contributed by atoms with E-state index in [0.717, 1.165) is 68.0 Å². The molecule has 2 fully saturated rings. The summed E-state index contributed by atoms with van der Waals surface area (Å²) < 4.78 is 5.56. The van der Waals surface area contributed by atoms with Crippen LogP contribution in [0.4, 0.5) is 17.6 Å². The monoisotopic (exact) mass is 469 g/mol. The molecule has 0 aliphatic carbocycles. The Morgan fingerprint density at radius 2 is 1.89 bits per heavy atom. The Labute approximate surface area is 206 Å². The van der Waals surface area contributed by atoms with Crippen molar-refractivity contribution in [3.63, 3.8) is 0 Å². The summed E-state index contributed by atoms with van der Waals surface area (Å²) in [5.41, 5.74) is 3.96. The Hall–Kier alpha value is -3.70. The van der Waals surface area contributed by atoms with E-state index in [4.69, 9.17) is 14.7 Å². The van der Waals surface area contributed by atoms with E-state index in [2.05, 4.69) is 69.9 Å². The molecule has 3 aromatic rings. The van der Waals surface area contributed by atoms with E-state index in [-0.39, 0.29) is 6.04 Å². The molecule has 8 nitrogen and oxygen atoms in total. The van der Waals surface area contributed by atoms with E-state index >= 15 is 0 Å². The van der Waals surface area contributed by atoms with Crippen LogP contribution in [0.25, 0.3) is 11.3 Å². The van der Waals surface area contributed by atoms with E-state index in [1.54, 1.807) is 6.20 Å². The number of nitrogens with zero attached hydrogens (tertiary/aromatic N) is 7. The Balaban J connectivity index is 1.47. The number of morpholine rings is 1. The van der Waals surface area contributed by atoms with E-state index in [1.165, 1.54) is 5.56 Å². The van der Waals surface area contributed by atoms with Gasteiger partial charge in [0.2, 0.25) is 5.95 Å². The molecule has 2 saturated heterocycles. The number of benzene rings is 1. The van der Waals surface area contributed by atoms with Crippen LogP contribution < -0.4 is 14.7 Å². The summed E-state index contributed by atoms with van der Waals surface area (Å²) in [7, 11) is 0. The highest BCUT2D eigenvalue weighted by Crippen LogP contribution is 2.29. The lowest BCUT2D eigenvalue weighted by Gasteiger charge is -2.41. The molecule has 35 heavy (non-hydrogen) atoms. The van der Waals surface area contributed by atoms with Crippen LogP contribution in [0.5, 0.6) is 0 Å². The second kappa shape index (κ2) is 10.3. The quantitative estimate of drug-likeness (QED) is 0.561. The summed E-state index contributed by atoms with van der Waals surface area (Å²) in [5.74, 6) is 2.45. The van der Waals surface area contributed by atoms with Crippen LogP contribution in [0.3, 0.4) is 0 Å². The number of ether oxygens (including phenoxy) is 1. The Morgan fingerprint density at radius 1 is 1.03 bits per heavy atom. The van der Waals surface area contributed by atoms with Crippen LogP contribution in [0.2, 0.25) is 0 Å². The van der Waals surface area contributed by atoms with Crippen molar-refractivity contribution in [3.05, 3.63) is 59.8 Å². The third-order valence-corrected chi connectivity index (χ3v) is 6.75. The zero-order valence-electron chi connectivity index (χ0n) is 20.4. The van der Waals surface area contributed by atoms with E-state index in [1.807, 2.05) is 12.1 Å². The fourth-order valence-corrected chi connectivity index (χ4v) is 4.80. The van der Waals surface area contributed by atoms with Gasteiger partial charge in [0, 0.05) is 56.6 Å². The fourth-order valence-electron chi connectivity index (χ4n) is 4.80. The zero-order chi connectivity index (χ0) is 24.2. The molecule has 4 heterocycles. The first-order chi connectivity index (χ1) is 17.2. The highest BCUT2D eigenvalue weighted by Gasteiger charge is 2.28. The van der Waals surface area contributed by atoms with Crippen molar-refractivity contribution in [1.82, 2.24) is 15.0 Å². The van der Waals surface area contributed by atoms with Crippen LogP contribution >= 0.6 is 0 Å². The molecule has 0 amide bonds. The molecule has 2 aliphatic rings. The molecule has 1 unspecified atom stereocenters. The van der Waals surface area contributed by atoms with Crippen LogP contribution in [0, 0.1) is 11.3 Å². The number of aryl methyl sites for hydroxylation is 1. The van der Waals surface area contributed by atoms with Gasteiger partial charge in [0.05, 0.1) is 24.5 Å². The average molecular weight is 470 g/mol. The first-order valence-corrected chi connectivity index (χ1v) is 12.3. The standard InChI is InChI=1S/C27H31N7O/c1-3-21-6-4-7-22(16-21)24-17-25(31-27(30-24)32-12-14-35-15-13-32)34-11-10-33(19-20(34)2)26-23(18-28)8-5-9-29-26/h4-9,16-17,20H,3,10-15,19H2,1-2H3. The topological polar surface area (TPSA) is 81.4 Å². The van der Waals surface area contributed by atoms with Crippen molar-refractivity contribution in [1.29, 1.82) is 5.26 Å². The highest BCUT2D eigenvalue weighted by molar-refractivity contribution is 5.66. The molecule has 0 bridgehead atoms. The lowest BCUT2D eigenvalue weighted by molar-refractivity contribution is 0.122. The molecule has 5 rings (SSSR count). The predicted octanol–water partition coefficient (Wildman–Crippen LogP) is 3.52. The molecule has 180 valence electrons. The van der Waals surface area contributed by atoms with Crippen LogP contribution in [-0.2, 0) is 11.2 Å². The summed E-state index contributed by atoms with van der Waals surface area (Å²) in [6.07, 6.45) is 2.74. The number of anilines is 3. The van der Waals surface area contributed by atoms with Crippen LogP contribution in [-0.4, -0.2) is 66.9 Å². The third kappa shape index (κ3) is 4.91. The highest BCUT2D eigenvalue weighted by atomic mass is 16.5. The molecular formula is C27H31N7O. The minimum absolute atomic E-state index is 0.194. The smallest absolute Gasteiger partial charge is 0.228 e. The minimum atomic E-state index is 0.194. The van der Waals surface area contributed by atoms with Gasteiger partial charge in [0.1, 0.15) is 17.7 Å². The van der Waals surface area contributed by atoms with Gasteiger partial charge in [0.25, 0.3) is 0 Å². The van der Waals surface area contributed by atoms with Crippen molar-refractivity contribution >= 4 is 17.6 Å². The first-order valence-electron chi connectivity index (χ1n) is 12.3. The van der Waals surface area contributed by atoms with Gasteiger partial charge in [-0.3, -0.25) is 0 Å². The van der Waals surface area contributed by atoms with Gasteiger partial charge < -0.3 is 19.4 Å². The van der Waals surface area contributed by atoms with Crippen molar-refractivity contribution in [2.75, 3.05) is 60.6 Å². The number of hydrogen-bond donors (Lipinski definition) is 0. The van der Waals surface area contributed by atoms with Gasteiger partial charge in [-0.05, 0) is 37.1 Å². The minimum Gasteiger partial charge on any atom is -0.378 e. The van der Waals surface area contributed by atoms with Crippen molar-refractivity contribution in [3.8, 4) is 17.3 Å². The van der Waals surface area contributed by atoms with Gasteiger partial charge in [0.15, 0.2) is 0 Å². The van der Waals surface area contributed by atoms with Crippen LogP contribution in [0.15, 0.2) is 48.7 Å². The van der Waals surface area contributed by atoms with Crippen molar-refractivity contribution < 1.29 is 4.74 Å². The molecule has 0 radical (unpaired) electrons. The largest absolute Gasteiger partial charge is 0.378 e. The molecule has 0 N–H and O–H groups in total. The maximum Gasteiger partial charge on any atom is 0.228 e. The average Bonchev–Trinajstić information content (AvgIpc) is 2.93. The Kier molecular flexibility index (Phi) is 6.77. The second-order valence-corrected chi connectivity index (χ2v) is 9.04. The number of aromatic nitrogens is 3. The zero-order valence-corrected chi connectivity index (χ0v) is 20.4. The van der Waals surface area contributed by atoms with Crippen molar-refractivity contribution in [2.24, 2.45) is 0 Å². The number of piperazine rings is 1. The first kappa shape index (κ1) is 23.1. The SMILES string of the molecule is CCc1cccc(-c2cc(N3CCN(c4ncccc4C#N)CC3C)nc(N3CCOCC3)n2)c1. The van der Waals surface area contributed by atoms with E-state index in [0.29, 0.717) is 18.8 Å². The number of rotatable bonds is 5. The summed E-state index contributed by atoms with van der Waals surface area (Å²) >= 11 is 0. The molecule has 0 spiro atoms. The Morgan fingerprint density at radius 3 is 2.66 bits per heavy atom. The summed E-state index contributed by atoms with van der Waals surface area (Å²) in [4.78, 5) is 21.3. The second-order valence-electron chi connectivity index (χ2n) is 9.04. The number of pyridine rings is 1. The molecule has 1 aromatic carbocycles. The normalized spacial score (nSPS) is 18.4. The number of hydrogen-bond acceptors (Lipinski definition) is 8. The summed E-state index contributed by atoms with van der Waals surface area (Å²) in [5, 5.41) is 9.52. The summed E-state index contributed by atoms with van der Waals surface area (Å²) in [6.45, 7) is 9.66. The fraction of sp³-hybridized carbons (Fsp3) is 0.407. The maximum absolute atomic E-state index is 9.52. The molecule has 2 aliphatic heterocycles.